The molecule has 2 heterocycles. The van der Waals surface area contributed by atoms with Crippen LogP contribution in [0.3, 0.4) is 0 Å². The monoisotopic (exact) mass is 430 g/mol. The third-order valence-corrected chi connectivity index (χ3v) is 5.17. The second-order valence-electron chi connectivity index (χ2n) is 5.69. The Balaban J connectivity index is 1.93. The van der Waals surface area contributed by atoms with Crippen molar-refractivity contribution >= 4 is 39.3 Å². The van der Waals surface area contributed by atoms with Gasteiger partial charge in [0.25, 0.3) is 5.91 Å². The summed E-state index contributed by atoms with van der Waals surface area (Å²) in [5.41, 5.74) is 6.61. The third kappa shape index (κ3) is 4.40. The molecule has 0 aliphatic rings. The number of carbonyl (C=O) groups is 2. The van der Waals surface area contributed by atoms with Crippen LogP contribution in [0.4, 0.5) is 0 Å². The Morgan fingerprint density at radius 2 is 2.00 bits per heavy atom. The highest BCUT2D eigenvalue weighted by Gasteiger charge is 2.20. The normalized spacial score (nSPS) is 12.1. The zero-order valence-corrected chi connectivity index (χ0v) is 16.8. The van der Waals surface area contributed by atoms with E-state index in [0.717, 1.165) is 15.9 Å². The molecule has 0 aromatic carbocycles. The second kappa shape index (κ2) is 8.01. The van der Waals surface area contributed by atoms with Gasteiger partial charge in [-0.05, 0) is 36.7 Å². The predicted octanol–water partition coefficient (Wildman–Crippen LogP) is 2.23. The van der Waals surface area contributed by atoms with E-state index in [9.17, 15) is 9.59 Å². The number of nitrogens with zero attached hydrogens (tertiary/aromatic N) is 4. The number of nitrogens with one attached hydrogen (secondary N) is 2. The average Bonchev–Trinajstić information content (AvgIpc) is 3.07. The van der Waals surface area contributed by atoms with E-state index in [-0.39, 0.29) is 16.6 Å². The lowest BCUT2D eigenvalue weighted by molar-refractivity contribution is -0.125. The van der Waals surface area contributed by atoms with E-state index in [1.54, 1.807) is 22.5 Å². The molecule has 0 radical (unpaired) electrons. The van der Waals surface area contributed by atoms with Crippen molar-refractivity contribution in [3.05, 3.63) is 32.8 Å². The van der Waals surface area contributed by atoms with Crippen LogP contribution in [0.1, 0.15) is 35.7 Å². The SMILES string of the molecule is CCn1cc(Cl)c(C(=O)NNC(=O)[C@@H](C)Cn2nc(C)c(Br)c2C)n1. The van der Waals surface area contributed by atoms with Crippen LogP contribution in [-0.2, 0) is 17.9 Å². The van der Waals surface area contributed by atoms with Crippen molar-refractivity contribution in [2.45, 2.75) is 40.8 Å². The molecule has 10 heteroatoms. The Kier molecular flexibility index (Phi) is 6.23. The number of hydrazine groups is 1. The summed E-state index contributed by atoms with van der Waals surface area (Å²) in [6.07, 6.45) is 1.56. The number of aromatic nitrogens is 4. The van der Waals surface area contributed by atoms with Crippen LogP contribution in [0.15, 0.2) is 10.7 Å². The van der Waals surface area contributed by atoms with Crippen molar-refractivity contribution < 1.29 is 9.59 Å². The molecule has 2 aromatic heterocycles. The fraction of sp³-hybridized carbons (Fsp3) is 0.467. The first-order valence-corrected chi connectivity index (χ1v) is 8.94. The average molecular weight is 432 g/mol. The summed E-state index contributed by atoms with van der Waals surface area (Å²) in [5, 5.41) is 8.65. The van der Waals surface area contributed by atoms with Crippen molar-refractivity contribution in [3.63, 3.8) is 0 Å². The Labute approximate surface area is 159 Å². The van der Waals surface area contributed by atoms with Crippen LogP contribution in [0, 0.1) is 19.8 Å². The Bertz CT molecular complexity index is 800. The van der Waals surface area contributed by atoms with Gasteiger partial charge in [0.15, 0.2) is 5.69 Å². The number of rotatable bonds is 5. The van der Waals surface area contributed by atoms with E-state index in [1.807, 2.05) is 20.8 Å². The van der Waals surface area contributed by atoms with Crippen molar-refractivity contribution in [2.24, 2.45) is 5.92 Å². The lowest BCUT2D eigenvalue weighted by Crippen LogP contribution is -2.45. The first kappa shape index (κ1) is 19.5. The number of hydrogen-bond donors (Lipinski definition) is 2. The van der Waals surface area contributed by atoms with Crippen LogP contribution in [0.5, 0.6) is 0 Å². The highest BCUT2D eigenvalue weighted by Crippen LogP contribution is 2.20. The van der Waals surface area contributed by atoms with Crippen molar-refractivity contribution in [2.75, 3.05) is 0 Å². The topological polar surface area (TPSA) is 93.8 Å². The molecule has 0 aliphatic heterocycles. The predicted molar refractivity (Wildman–Crippen MR) is 97.1 cm³/mol. The molecule has 136 valence electrons. The van der Waals surface area contributed by atoms with E-state index in [0.29, 0.717) is 13.1 Å². The maximum Gasteiger partial charge on any atom is 0.291 e. The Morgan fingerprint density at radius 1 is 1.32 bits per heavy atom. The molecule has 0 saturated heterocycles. The van der Waals surface area contributed by atoms with Crippen molar-refractivity contribution in [3.8, 4) is 0 Å². The minimum Gasteiger partial charge on any atom is -0.273 e. The zero-order valence-electron chi connectivity index (χ0n) is 14.4. The van der Waals surface area contributed by atoms with Crippen molar-refractivity contribution in [1.29, 1.82) is 0 Å². The largest absolute Gasteiger partial charge is 0.291 e. The van der Waals surface area contributed by atoms with Gasteiger partial charge in [0.2, 0.25) is 5.91 Å². The first-order valence-electron chi connectivity index (χ1n) is 7.77. The van der Waals surface area contributed by atoms with Crippen LogP contribution >= 0.6 is 27.5 Å². The molecule has 2 aromatic rings. The van der Waals surface area contributed by atoms with Crippen LogP contribution in [-0.4, -0.2) is 31.4 Å². The van der Waals surface area contributed by atoms with Gasteiger partial charge in [-0.3, -0.25) is 29.8 Å². The quantitative estimate of drug-likeness (QED) is 0.710. The highest BCUT2D eigenvalue weighted by molar-refractivity contribution is 9.10. The van der Waals surface area contributed by atoms with E-state index >= 15 is 0 Å². The fourth-order valence-corrected chi connectivity index (χ4v) is 2.73. The summed E-state index contributed by atoms with van der Waals surface area (Å²) in [6.45, 7) is 8.43. The van der Waals surface area contributed by atoms with Crippen molar-refractivity contribution in [1.82, 2.24) is 30.4 Å². The number of hydrogen-bond acceptors (Lipinski definition) is 4. The van der Waals surface area contributed by atoms with Gasteiger partial charge in [0.1, 0.15) is 0 Å². The fourth-order valence-electron chi connectivity index (χ4n) is 2.21. The lowest BCUT2D eigenvalue weighted by atomic mass is 10.1. The molecule has 2 rings (SSSR count). The maximum absolute atomic E-state index is 12.2. The lowest BCUT2D eigenvalue weighted by Gasteiger charge is -2.13. The summed E-state index contributed by atoms with van der Waals surface area (Å²) in [7, 11) is 0. The summed E-state index contributed by atoms with van der Waals surface area (Å²) < 4.78 is 4.22. The zero-order chi connectivity index (χ0) is 18.7. The second-order valence-corrected chi connectivity index (χ2v) is 6.89. The Morgan fingerprint density at radius 3 is 2.52 bits per heavy atom. The van der Waals surface area contributed by atoms with Crippen LogP contribution in [0.25, 0.3) is 0 Å². The highest BCUT2D eigenvalue weighted by atomic mass is 79.9. The minimum atomic E-state index is -0.563. The molecule has 0 aliphatic carbocycles. The van der Waals surface area contributed by atoms with Gasteiger partial charge in [-0.15, -0.1) is 0 Å². The van der Waals surface area contributed by atoms with Crippen LogP contribution < -0.4 is 10.9 Å². The standard InChI is InChI=1S/C15H20BrClN6O2/c1-5-22-7-11(17)13(21-22)15(25)19-18-14(24)8(2)6-23-10(4)12(16)9(3)20-23/h7-8H,5-6H2,1-4H3,(H,18,24)(H,19,25)/t8-/m0/s1. The number of amides is 2. The third-order valence-electron chi connectivity index (χ3n) is 3.74. The van der Waals surface area contributed by atoms with Gasteiger partial charge in [-0.25, -0.2) is 0 Å². The smallest absolute Gasteiger partial charge is 0.273 e. The Hall–Kier alpha value is -1.87. The summed E-state index contributed by atoms with van der Waals surface area (Å²) in [4.78, 5) is 24.3. The van der Waals surface area contributed by atoms with E-state index in [2.05, 4.69) is 37.0 Å². The minimum absolute atomic E-state index is 0.0685. The molecule has 0 fully saturated rings. The molecule has 1 atom stereocenters. The van der Waals surface area contributed by atoms with Gasteiger partial charge >= 0.3 is 0 Å². The molecule has 2 amide bonds. The summed E-state index contributed by atoms with van der Waals surface area (Å²) >= 11 is 9.42. The molecule has 0 spiro atoms. The van der Waals surface area contributed by atoms with Gasteiger partial charge in [-0.1, -0.05) is 18.5 Å². The molecular weight excluding hydrogens is 412 g/mol. The van der Waals surface area contributed by atoms with Gasteiger partial charge in [0.05, 0.1) is 27.7 Å². The molecule has 8 nitrogen and oxygen atoms in total. The molecule has 0 bridgehead atoms. The first-order chi connectivity index (χ1) is 11.7. The van der Waals surface area contributed by atoms with E-state index < -0.39 is 11.8 Å². The van der Waals surface area contributed by atoms with E-state index in [1.165, 1.54) is 0 Å². The molecule has 2 N–H and O–H groups in total. The molecule has 0 saturated carbocycles. The number of halogens is 2. The molecular formula is C15H20BrClN6O2. The van der Waals surface area contributed by atoms with Crippen LogP contribution in [0.2, 0.25) is 5.02 Å². The number of aryl methyl sites for hydroxylation is 2. The molecule has 0 unspecified atom stereocenters. The van der Waals surface area contributed by atoms with Gasteiger partial charge in [0, 0.05) is 18.4 Å². The summed E-state index contributed by atoms with van der Waals surface area (Å²) in [5.74, 6) is -1.29. The van der Waals surface area contributed by atoms with E-state index in [4.69, 9.17) is 11.6 Å². The maximum atomic E-state index is 12.2. The van der Waals surface area contributed by atoms with Gasteiger partial charge in [-0.2, -0.15) is 10.2 Å². The van der Waals surface area contributed by atoms with Gasteiger partial charge < -0.3 is 0 Å². The number of carbonyl (C=O) groups excluding carboxylic acids is 2. The summed E-state index contributed by atoms with van der Waals surface area (Å²) in [6, 6.07) is 0. The molecule has 25 heavy (non-hydrogen) atoms.